The third kappa shape index (κ3) is 8.87. The molecule has 1 heterocycles. The summed E-state index contributed by atoms with van der Waals surface area (Å²) in [5.74, 6) is 0.0872. The maximum Gasteiger partial charge on any atom is 0.419 e. The maximum absolute atomic E-state index is 13.9. The highest BCUT2D eigenvalue weighted by atomic mass is 16.6. The Hall–Kier alpha value is -4.85. The van der Waals surface area contributed by atoms with Gasteiger partial charge in [-0.15, -0.1) is 6.58 Å². The summed E-state index contributed by atoms with van der Waals surface area (Å²) in [6, 6.07) is 21.7. The number of allylic oxidation sites excluding steroid dienone is 1. The van der Waals surface area contributed by atoms with Crippen LogP contribution in [-0.4, -0.2) is 48.3 Å². The molecule has 4 rings (SSSR count). The molecule has 1 atom stereocenters. The maximum atomic E-state index is 13.9. The number of para-hydroxylation sites is 1. The summed E-state index contributed by atoms with van der Waals surface area (Å²) in [6.45, 7) is 15.3. The van der Waals surface area contributed by atoms with Gasteiger partial charge in [0.2, 0.25) is 11.8 Å². The number of fused-ring (bicyclic) bond motifs is 1. The first-order chi connectivity index (χ1) is 21.9. The number of aryl methyl sites for hydroxylation is 1. The molecule has 0 saturated carbocycles. The Bertz CT molecular complexity index is 1660. The monoisotopic (exact) mass is 625 g/mol. The highest BCUT2D eigenvalue weighted by Gasteiger charge is 2.29. The summed E-state index contributed by atoms with van der Waals surface area (Å²) >= 11 is 0. The van der Waals surface area contributed by atoms with Gasteiger partial charge in [-0.25, -0.2) is 9.36 Å². The summed E-state index contributed by atoms with van der Waals surface area (Å²) < 4.78 is 12.5. The Kier molecular flexibility index (Phi) is 12.3. The van der Waals surface area contributed by atoms with E-state index in [-0.39, 0.29) is 18.2 Å². The van der Waals surface area contributed by atoms with Crippen molar-refractivity contribution in [3.8, 4) is 5.75 Å². The van der Waals surface area contributed by atoms with Crippen molar-refractivity contribution in [2.24, 2.45) is 0 Å². The number of ether oxygens (including phenoxy) is 2. The predicted molar refractivity (Wildman–Crippen MR) is 186 cm³/mol. The lowest BCUT2D eigenvalue weighted by atomic mass is 10.0. The molecule has 0 aliphatic rings. The molecule has 8 heteroatoms. The molecular formula is C38H47N3O5. The molecule has 244 valence electrons. The lowest BCUT2D eigenvalue weighted by Gasteiger charge is -2.25. The van der Waals surface area contributed by atoms with Crippen LogP contribution in [0.1, 0.15) is 57.0 Å². The normalized spacial score (nSPS) is 11.6. The SMILES string of the molecule is C=CCc1c(CC(=O)NC(Cc2cccc(C)c2)C(=O)N(C)c2ccc(OC)cc2)c2ccccc2n1C(=O)OC(C)(C)C.CC. The van der Waals surface area contributed by atoms with Crippen LogP contribution < -0.4 is 15.0 Å². The van der Waals surface area contributed by atoms with Crippen LogP contribution in [0.4, 0.5) is 10.5 Å². The summed E-state index contributed by atoms with van der Waals surface area (Å²) in [5, 5.41) is 3.78. The summed E-state index contributed by atoms with van der Waals surface area (Å²) in [6.07, 6.45) is 1.80. The van der Waals surface area contributed by atoms with Gasteiger partial charge < -0.3 is 19.7 Å². The Morgan fingerprint density at radius 3 is 2.28 bits per heavy atom. The van der Waals surface area contributed by atoms with Gasteiger partial charge in [-0.2, -0.15) is 0 Å². The first-order valence-electron chi connectivity index (χ1n) is 15.6. The van der Waals surface area contributed by atoms with E-state index in [0.717, 1.165) is 16.5 Å². The fraction of sp³-hybridized carbons (Fsp3) is 0.342. The average molecular weight is 626 g/mol. The second-order valence-electron chi connectivity index (χ2n) is 11.8. The van der Waals surface area contributed by atoms with Crippen molar-refractivity contribution in [2.45, 2.75) is 72.4 Å². The fourth-order valence-electron chi connectivity index (χ4n) is 5.27. The van der Waals surface area contributed by atoms with Gasteiger partial charge in [0.05, 0.1) is 19.0 Å². The molecule has 3 aromatic carbocycles. The first-order valence-corrected chi connectivity index (χ1v) is 15.6. The number of methoxy groups -OCH3 is 1. The number of likely N-dealkylation sites (N-methyl/N-ethyl adjacent to an activating group) is 1. The standard InChI is InChI=1S/C36H41N3O5.C2H6/c1-8-12-31-29(28-15-9-10-16-32(28)39(31)35(42)44-36(3,4)5)23-33(40)37-30(22-25-14-11-13-24(2)21-25)34(41)38(6)26-17-19-27(43-7)20-18-26;1-2/h8-11,13-21,30H,1,12,22-23H2,2-7H3,(H,37,40);1-2H3. The third-order valence-electron chi connectivity index (χ3n) is 7.29. The molecule has 0 radical (unpaired) electrons. The smallest absolute Gasteiger partial charge is 0.419 e. The number of carbonyl (C=O) groups is 3. The number of benzene rings is 3. The van der Waals surface area contributed by atoms with E-state index in [2.05, 4.69) is 11.9 Å². The van der Waals surface area contributed by atoms with Crippen molar-refractivity contribution in [2.75, 3.05) is 19.1 Å². The van der Waals surface area contributed by atoms with Crippen LogP contribution in [0.25, 0.3) is 10.9 Å². The molecule has 0 bridgehead atoms. The predicted octanol–water partition coefficient (Wildman–Crippen LogP) is 7.43. The van der Waals surface area contributed by atoms with Gasteiger partial charge in [-0.3, -0.25) is 9.59 Å². The second kappa shape index (κ2) is 15.9. The first kappa shape index (κ1) is 35.6. The molecule has 2 amide bonds. The van der Waals surface area contributed by atoms with Gasteiger partial charge in [-0.1, -0.05) is 68.0 Å². The number of hydrogen-bond acceptors (Lipinski definition) is 5. The number of nitrogens with zero attached hydrogens (tertiary/aromatic N) is 2. The van der Waals surface area contributed by atoms with E-state index in [9.17, 15) is 14.4 Å². The zero-order chi connectivity index (χ0) is 34.0. The Morgan fingerprint density at radius 1 is 1.00 bits per heavy atom. The minimum atomic E-state index is -0.835. The van der Waals surface area contributed by atoms with Crippen molar-refractivity contribution in [3.05, 3.63) is 108 Å². The number of hydrogen-bond donors (Lipinski definition) is 1. The minimum absolute atomic E-state index is 0.0384. The second-order valence-corrected chi connectivity index (χ2v) is 11.8. The number of aromatic nitrogens is 1. The number of anilines is 1. The lowest BCUT2D eigenvalue weighted by molar-refractivity contribution is -0.127. The van der Waals surface area contributed by atoms with Crippen LogP contribution in [0, 0.1) is 6.92 Å². The molecule has 1 N–H and O–H groups in total. The number of amides is 2. The zero-order valence-electron chi connectivity index (χ0n) is 28.3. The molecule has 8 nitrogen and oxygen atoms in total. The van der Waals surface area contributed by atoms with E-state index in [1.807, 2.05) is 90.1 Å². The van der Waals surface area contributed by atoms with Crippen molar-refractivity contribution in [1.29, 1.82) is 0 Å². The van der Waals surface area contributed by atoms with Crippen molar-refractivity contribution in [3.63, 3.8) is 0 Å². The molecule has 1 aromatic heterocycles. The summed E-state index contributed by atoms with van der Waals surface area (Å²) in [4.78, 5) is 42.6. The van der Waals surface area contributed by atoms with Crippen molar-refractivity contribution in [1.82, 2.24) is 9.88 Å². The van der Waals surface area contributed by atoms with Gasteiger partial charge in [0.1, 0.15) is 17.4 Å². The average Bonchev–Trinajstić information content (AvgIpc) is 3.33. The van der Waals surface area contributed by atoms with E-state index in [0.29, 0.717) is 41.1 Å². The van der Waals surface area contributed by atoms with Crippen LogP contribution >= 0.6 is 0 Å². The quantitative estimate of drug-likeness (QED) is 0.185. The van der Waals surface area contributed by atoms with Gasteiger partial charge in [-0.05, 0) is 69.2 Å². The van der Waals surface area contributed by atoms with Crippen molar-refractivity contribution < 1.29 is 23.9 Å². The zero-order valence-corrected chi connectivity index (χ0v) is 28.3. The molecule has 0 spiro atoms. The van der Waals surface area contributed by atoms with Crippen LogP contribution in [0.2, 0.25) is 0 Å². The van der Waals surface area contributed by atoms with Gasteiger partial charge >= 0.3 is 6.09 Å². The number of carbonyl (C=O) groups excluding carboxylic acids is 3. The number of rotatable bonds is 10. The minimum Gasteiger partial charge on any atom is -0.497 e. The summed E-state index contributed by atoms with van der Waals surface area (Å²) in [5.41, 5.74) is 3.93. The summed E-state index contributed by atoms with van der Waals surface area (Å²) in [7, 11) is 3.28. The molecule has 0 saturated heterocycles. The van der Waals surface area contributed by atoms with Gasteiger partial charge in [0.25, 0.3) is 0 Å². The molecule has 4 aromatic rings. The fourth-order valence-corrected chi connectivity index (χ4v) is 5.27. The van der Waals surface area contributed by atoms with E-state index in [1.54, 1.807) is 44.5 Å². The Labute approximate surface area is 273 Å². The van der Waals surface area contributed by atoms with Crippen LogP contribution in [0.3, 0.4) is 0 Å². The largest absolute Gasteiger partial charge is 0.497 e. The van der Waals surface area contributed by atoms with Crippen LogP contribution in [0.15, 0.2) is 85.5 Å². The number of nitrogens with one attached hydrogen (secondary N) is 1. The topological polar surface area (TPSA) is 89.9 Å². The molecule has 0 fully saturated rings. The van der Waals surface area contributed by atoms with Crippen molar-refractivity contribution >= 4 is 34.5 Å². The highest BCUT2D eigenvalue weighted by Crippen LogP contribution is 2.29. The Balaban J connectivity index is 0.00000282. The van der Waals surface area contributed by atoms with Gasteiger partial charge in [0.15, 0.2) is 0 Å². The van der Waals surface area contributed by atoms with Crippen LogP contribution in [0.5, 0.6) is 5.75 Å². The highest BCUT2D eigenvalue weighted by molar-refractivity contribution is 6.00. The van der Waals surface area contributed by atoms with E-state index in [1.165, 1.54) is 9.47 Å². The molecule has 1 unspecified atom stereocenters. The molecule has 0 aliphatic carbocycles. The third-order valence-corrected chi connectivity index (χ3v) is 7.29. The van der Waals surface area contributed by atoms with Gasteiger partial charge in [0, 0.05) is 36.7 Å². The Morgan fingerprint density at radius 2 is 1.67 bits per heavy atom. The molecule has 46 heavy (non-hydrogen) atoms. The van der Waals surface area contributed by atoms with E-state index in [4.69, 9.17) is 9.47 Å². The van der Waals surface area contributed by atoms with E-state index < -0.39 is 17.7 Å². The molecular weight excluding hydrogens is 578 g/mol. The lowest BCUT2D eigenvalue weighted by Crippen LogP contribution is -2.49. The van der Waals surface area contributed by atoms with Crippen LogP contribution in [-0.2, 0) is 33.6 Å². The van der Waals surface area contributed by atoms with E-state index >= 15 is 0 Å². The molecule has 0 aliphatic heterocycles.